The molecule has 1 unspecified atom stereocenters. The molecule has 1 aliphatic heterocycles. The van der Waals surface area contributed by atoms with E-state index in [1.165, 1.54) is 22.1 Å². The lowest BCUT2D eigenvalue weighted by Crippen LogP contribution is -2.42. The summed E-state index contributed by atoms with van der Waals surface area (Å²) in [6.45, 7) is 11.6. The first-order valence-electron chi connectivity index (χ1n) is 10.0. The van der Waals surface area contributed by atoms with Gasteiger partial charge >= 0.3 is 0 Å². The van der Waals surface area contributed by atoms with E-state index in [1.807, 2.05) is 13.0 Å². The summed E-state index contributed by atoms with van der Waals surface area (Å²) in [5.74, 6) is 1.45. The lowest BCUT2D eigenvalue weighted by Gasteiger charge is -2.25. The zero-order chi connectivity index (χ0) is 20.6. The number of nitrogens with zero attached hydrogens (tertiary/aromatic N) is 2. The second-order valence-corrected chi connectivity index (χ2v) is 10.8. The smallest absolute Gasteiger partial charge is 0.252 e. The van der Waals surface area contributed by atoms with Crippen LogP contribution in [-0.4, -0.2) is 57.6 Å². The van der Waals surface area contributed by atoms with Gasteiger partial charge in [0, 0.05) is 30.6 Å². The average molecular weight is 559 g/mol. The first kappa shape index (κ1) is 26.6. The number of thiophene rings is 1. The van der Waals surface area contributed by atoms with Gasteiger partial charge < -0.3 is 15.4 Å². The van der Waals surface area contributed by atoms with Crippen LogP contribution in [0.4, 0.5) is 0 Å². The van der Waals surface area contributed by atoms with E-state index in [0.717, 1.165) is 23.8 Å². The van der Waals surface area contributed by atoms with Crippen LogP contribution >= 0.6 is 35.3 Å². The molecule has 2 rings (SSSR count). The lowest BCUT2D eigenvalue weighted by molar-refractivity contribution is 0.0731. The molecule has 0 radical (unpaired) electrons. The molecule has 0 aliphatic carbocycles. The van der Waals surface area contributed by atoms with Crippen molar-refractivity contribution in [2.45, 2.75) is 57.3 Å². The molecular formula is C19H35IN4O3S2. The molecule has 0 bridgehead atoms. The fourth-order valence-corrected chi connectivity index (χ4v) is 5.70. The lowest BCUT2D eigenvalue weighted by atomic mass is 10.0. The van der Waals surface area contributed by atoms with Crippen LogP contribution in [0.25, 0.3) is 0 Å². The minimum atomic E-state index is -3.43. The van der Waals surface area contributed by atoms with Crippen LogP contribution in [0.3, 0.4) is 0 Å². The number of hydrogen-bond acceptors (Lipinski definition) is 5. The molecule has 2 N–H and O–H groups in total. The van der Waals surface area contributed by atoms with Crippen LogP contribution in [-0.2, 0) is 21.3 Å². The number of rotatable bonds is 9. The number of guanidine groups is 1. The zero-order valence-electron chi connectivity index (χ0n) is 17.8. The molecule has 0 amide bonds. The molecule has 1 aromatic heterocycles. The molecule has 1 aromatic rings. The van der Waals surface area contributed by atoms with Gasteiger partial charge in [-0.15, -0.1) is 35.3 Å². The maximum Gasteiger partial charge on any atom is 0.252 e. The summed E-state index contributed by atoms with van der Waals surface area (Å²) in [5, 5.41) is 6.70. The minimum absolute atomic E-state index is 0. The first-order chi connectivity index (χ1) is 13.3. The Hall–Kier alpha value is -0.430. The van der Waals surface area contributed by atoms with Gasteiger partial charge in [-0.1, -0.05) is 13.8 Å². The Morgan fingerprint density at radius 1 is 1.24 bits per heavy atom. The number of aliphatic imine (C=N–C) groups is 1. The van der Waals surface area contributed by atoms with E-state index in [9.17, 15) is 8.42 Å². The normalized spacial score (nSPS) is 17.1. The van der Waals surface area contributed by atoms with Gasteiger partial charge in [0.2, 0.25) is 0 Å². The van der Waals surface area contributed by atoms with Crippen LogP contribution in [0.2, 0.25) is 0 Å². The molecule has 0 aromatic carbocycles. The van der Waals surface area contributed by atoms with Gasteiger partial charge in [0.15, 0.2) is 5.96 Å². The molecule has 2 heterocycles. The number of sulfonamides is 1. The Balaban J connectivity index is 0.00000420. The van der Waals surface area contributed by atoms with Gasteiger partial charge in [-0.3, -0.25) is 0 Å². The highest BCUT2D eigenvalue weighted by Gasteiger charge is 2.27. The summed E-state index contributed by atoms with van der Waals surface area (Å²) in [5.41, 5.74) is 0. The predicted octanol–water partition coefficient (Wildman–Crippen LogP) is 3.27. The minimum Gasteiger partial charge on any atom is -0.379 e. The Morgan fingerprint density at radius 3 is 2.55 bits per heavy atom. The number of ether oxygens (including phenoxy) is 1. The van der Waals surface area contributed by atoms with Crippen molar-refractivity contribution in [3.05, 3.63) is 17.0 Å². The highest BCUT2D eigenvalue weighted by atomic mass is 127. The van der Waals surface area contributed by atoms with Gasteiger partial charge in [0.05, 0.1) is 19.8 Å². The van der Waals surface area contributed by atoms with E-state index in [0.29, 0.717) is 49.0 Å². The van der Waals surface area contributed by atoms with Gasteiger partial charge in [0.1, 0.15) is 4.21 Å². The summed E-state index contributed by atoms with van der Waals surface area (Å²) >= 11 is 1.29. The van der Waals surface area contributed by atoms with Crippen molar-refractivity contribution in [3.8, 4) is 0 Å². The van der Waals surface area contributed by atoms with Crippen LogP contribution in [0.15, 0.2) is 21.3 Å². The maximum absolute atomic E-state index is 12.7. The van der Waals surface area contributed by atoms with Crippen molar-refractivity contribution in [2.24, 2.45) is 10.9 Å². The van der Waals surface area contributed by atoms with Gasteiger partial charge in [-0.25, -0.2) is 13.4 Å². The standard InChI is InChI=1S/C19H34N4O3S2.HI/c1-5-20-19(22-16(4)7-6-15(2)3)21-14-17-8-9-18(27-17)28(24,25)23-10-12-26-13-11-23;/h8-9,15-16H,5-7,10-14H2,1-4H3,(H2,20,21,22);1H. The second-order valence-electron chi connectivity index (χ2n) is 7.45. The van der Waals surface area contributed by atoms with Gasteiger partial charge in [-0.2, -0.15) is 4.31 Å². The zero-order valence-corrected chi connectivity index (χ0v) is 21.8. The summed E-state index contributed by atoms with van der Waals surface area (Å²) in [7, 11) is -3.43. The molecule has 29 heavy (non-hydrogen) atoms. The van der Waals surface area contributed by atoms with Crippen molar-refractivity contribution < 1.29 is 13.2 Å². The molecule has 1 atom stereocenters. The van der Waals surface area contributed by atoms with E-state index in [2.05, 4.69) is 36.4 Å². The molecule has 10 heteroatoms. The van der Waals surface area contributed by atoms with E-state index in [-0.39, 0.29) is 24.0 Å². The fraction of sp³-hybridized carbons (Fsp3) is 0.737. The molecule has 1 fully saturated rings. The van der Waals surface area contributed by atoms with E-state index in [4.69, 9.17) is 4.74 Å². The molecule has 7 nitrogen and oxygen atoms in total. The summed E-state index contributed by atoms with van der Waals surface area (Å²) in [4.78, 5) is 5.56. The number of nitrogens with one attached hydrogen (secondary N) is 2. The Bertz CT molecular complexity index is 732. The highest BCUT2D eigenvalue weighted by molar-refractivity contribution is 14.0. The largest absolute Gasteiger partial charge is 0.379 e. The third-order valence-corrected chi connectivity index (χ3v) is 7.93. The number of morpholine rings is 1. The van der Waals surface area contributed by atoms with E-state index < -0.39 is 10.0 Å². The van der Waals surface area contributed by atoms with Crippen molar-refractivity contribution in [3.63, 3.8) is 0 Å². The van der Waals surface area contributed by atoms with Crippen LogP contribution in [0, 0.1) is 5.92 Å². The van der Waals surface area contributed by atoms with E-state index in [1.54, 1.807) is 6.07 Å². The predicted molar refractivity (Wildman–Crippen MR) is 131 cm³/mol. The topological polar surface area (TPSA) is 83.0 Å². The van der Waals surface area contributed by atoms with E-state index >= 15 is 0 Å². The van der Waals surface area contributed by atoms with Crippen molar-refractivity contribution in [1.82, 2.24) is 14.9 Å². The van der Waals surface area contributed by atoms with Crippen molar-refractivity contribution >= 4 is 51.3 Å². The Kier molecular flexibility index (Phi) is 12.0. The SMILES string of the molecule is CCNC(=NCc1ccc(S(=O)(=O)N2CCOCC2)s1)NC(C)CCC(C)C.I. The van der Waals surface area contributed by atoms with Gasteiger partial charge in [0.25, 0.3) is 10.0 Å². The third kappa shape index (κ3) is 8.68. The van der Waals surface area contributed by atoms with Crippen LogP contribution < -0.4 is 10.6 Å². The Labute approximate surface area is 196 Å². The molecule has 0 spiro atoms. The van der Waals surface area contributed by atoms with Crippen molar-refractivity contribution in [1.29, 1.82) is 0 Å². The molecule has 1 aliphatic rings. The van der Waals surface area contributed by atoms with Crippen LogP contribution in [0.5, 0.6) is 0 Å². The monoisotopic (exact) mass is 558 g/mol. The molecule has 0 saturated carbocycles. The summed E-state index contributed by atoms with van der Waals surface area (Å²) < 4.78 is 32.6. The average Bonchev–Trinajstić information content (AvgIpc) is 3.15. The molecule has 1 saturated heterocycles. The summed E-state index contributed by atoms with van der Waals surface area (Å²) in [6.07, 6.45) is 2.25. The Morgan fingerprint density at radius 2 is 1.93 bits per heavy atom. The second kappa shape index (κ2) is 13.1. The molecule has 168 valence electrons. The van der Waals surface area contributed by atoms with Crippen molar-refractivity contribution in [2.75, 3.05) is 32.8 Å². The number of halogens is 1. The first-order valence-corrected chi connectivity index (χ1v) is 12.3. The quantitative estimate of drug-likeness (QED) is 0.276. The van der Waals surface area contributed by atoms with Gasteiger partial charge in [-0.05, 0) is 44.7 Å². The molecular weight excluding hydrogens is 523 g/mol. The number of hydrogen-bond donors (Lipinski definition) is 2. The third-order valence-electron chi connectivity index (χ3n) is 4.50. The fourth-order valence-electron chi connectivity index (χ4n) is 2.86. The maximum atomic E-state index is 12.7. The highest BCUT2D eigenvalue weighted by Crippen LogP contribution is 2.26. The van der Waals surface area contributed by atoms with Crippen LogP contribution in [0.1, 0.15) is 45.4 Å². The summed E-state index contributed by atoms with van der Waals surface area (Å²) in [6, 6.07) is 3.87.